The first-order valence-electron chi connectivity index (χ1n) is 7.82. The highest BCUT2D eigenvalue weighted by atomic mass is 19.1. The quantitative estimate of drug-likeness (QED) is 0.770. The number of hydrogen-bond acceptors (Lipinski definition) is 4. The van der Waals surface area contributed by atoms with Crippen LogP contribution in [0.4, 0.5) is 4.39 Å². The van der Waals surface area contributed by atoms with Crippen molar-refractivity contribution in [2.75, 3.05) is 13.2 Å². The standard InChI is InChI=1S/C18H24FNO3/c1-14(2)23-13-16(21)11-20(12-17-7-5-9-22-17)10-15-6-3-4-8-18(15)19/h3-9,14,16,21H,10-13H2,1-2H3. The van der Waals surface area contributed by atoms with Gasteiger partial charge in [0.05, 0.1) is 31.6 Å². The van der Waals surface area contributed by atoms with Gasteiger partial charge >= 0.3 is 0 Å². The van der Waals surface area contributed by atoms with Gasteiger partial charge in [0.15, 0.2) is 0 Å². The summed E-state index contributed by atoms with van der Waals surface area (Å²) in [7, 11) is 0. The summed E-state index contributed by atoms with van der Waals surface area (Å²) in [6.07, 6.45) is 1.03. The van der Waals surface area contributed by atoms with Gasteiger partial charge in [0.2, 0.25) is 0 Å². The molecule has 0 saturated heterocycles. The van der Waals surface area contributed by atoms with Crippen LogP contribution in [0.25, 0.3) is 0 Å². The normalized spacial score (nSPS) is 13.0. The molecular weight excluding hydrogens is 297 g/mol. The number of nitrogens with zero attached hydrogens (tertiary/aromatic N) is 1. The van der Waals surface area contributed by atoms with Gasteiger partial charge in [-0.3, -0.25) is 4.90 Å². The molecule has 1 atom stereocenters. The van der Waals surface area contributed by atoms with E-state index in [1.54, 1.807) is 18.4 Å². The van der Waals surface area contributed by atoms with Crippen molar-refractivity contribution >= 4 is 0 Å². The van der Waals surface area contributed by atoms with Crippen LogP contribution in [0.15, 0.2) is 47.1 Å². The summed E-state index contributed by atoms with van der Waals surface area (Å²) >= 11 is 0. The highest BCUT2D eigenvalue weighted by Gasteiger charge is 2.16. The fraction of sp³-hybridized carbons (Fsp3) is 0.444. The fourth-order valence-electron chi connectivity index (χ4n) is 2.33. The lowest BCUT2D eigenvalue weighted by Crippen LogP contribution is -2.35. The number of aliphatic hydroxyl groups excluding tert-OH is 1. The maximum Gasteiger partial charge on any atom is 0.127 e. The second kappa shape index (κ2) is 8.82. The number of hydrogen-bond donors (Lipinski definition) is 1. The predicted molar refractivity (Wildman–Crippen MR) is 86.3 cm³/mol. The van der Waals surface area contributed by atoms with E-state index in [-0.39, 0.29) is 18.5 Å². The molecule has 0 radical (unpaired) electrons. The third-order valence-corrected chi connectivity index (χ3v) is 3.40. The maximum atomic E-state index is 13.9. The van der Waals surface area contributed by atoms with Gasteiger partial charge in [-0.2, -0.15) is 0 Å². The zero-order valence-corrected chi connectivity index (χ0v) is 13.6. The van der Waals surface area contributed by atoms with Crippen LogP contribution in [0, 0.1) is 5.82 Å². The molecule has 0 bridgehead atoms. The summed E-state index contributed by atoms with van der Waals surface area (Å²) in [6, 6.07) is 10.4. The second-order valence-corrected chi connectivity index (χ2v) is 5.88. The van der Waals surface area contributed by atoms with Crippen molar-refractivity contribution in [2.45, 2.75) is 39.1 Å². The van der Waals surface area contributed by atoms with Crippen LogP contribution in [0.5, 0.6) is 0 Å². The van der Waals surface area contributed by atoms with Crippen LogP contribution in [0.2, 0.25) is 0 Å². The van der Waals surface area contributed by atoms with Crippen molar-refractivity contribution in [3.63, 3.8) is 0 Å². The molecule has 0 aliphatic carbocycles. The van der Waals surface area contributed by atoms with E-state index >= 15 is 0 Å². The van der Waals surface area contributed by atoms with Crippen molar-refractivity contribution in [3.8, 4) is 0 Å². The Kier molecular flexibility index (Phi) is 6.77. The number of furan rings is 1. The van der Waals surface area contributed by atoms with Gasteiger partial charge in [0, 0.05) is 18.7 Å². The molecular formula is C18H24FNO3. The number of rotatable bonds is 9. The number of ether oxygens (including phenoxy) is 1. The SMILES string of the molecule is CC(C)OCC(O)CN(Cc1ccco1)Cc1ccccc1F. The van der Waals surface area contributed by atoms with Crippen LogP contribution in [-0.4, -0.2) is 35.4 Å². The van der Waals surface area contributed by atoms with E-state index in [1.165, 1.54) is 6.07 Å². The van der Waals surface area contributed by atoms with E-state index in [2.05, 4.69) is 0 Å². The third-order valence-electron chi connectivity index (χ3n) is 3.40. The zero-order chi connectivity index (χ0) is 16.7. The first-order chi connectivity index (χ1) is 11.0. The Morgan fingerprint density at radius 3 is 2.61 bits per heavy atom. The van der Waals surface area contributed by atoms with Gasteiger partial charge in [-0.1, -0.05) is 18.2 Å². The lowest BCUT2D eigenvalue weighted by atomic mass is 10.2. The summed E-state index contributed by atoms with van der Waals surface area (Å²) in [4.78, 5) is 1.95. The predicted octanol–water partition coefficient (Wildman–Crippen LogP) is 3.21. The Labute approximate surface area is 136 Å². The lowest BCUT2D eigenvalue weighted by molar-refractivity contribution is -0.0115. The first-order valence-corrected chi connectivity index (χ1v) is 7.82. The Morgan fingerprint density at radius 2 is 1.96 bits per heavy atom. The third kappa shape index (κ3) is 6.14. The minimum absolute atomic E-state index is 0.0646. The Hall–Kier alpha value is -1.69. The molecule has 0 aliphatic heterocycles. The van der Waals surface area contributed by atoms with Gasteiger partial charge in [-0.25, -0.2) is 4.39 Å². The van der Waals surface area contributed by atoms with E-state index in [1.807, 2.05) is 36.9 Å². The van der Waals surface area contributed by atoms with Crippen molar-refractivity contribution in [3.05, 3.63) is 59.8 Å². The molecule has 1 heterocycles. The van der Waals surface area contributed by atoms with E-state index < -0.39 is 6.10 Å². The summed E-state index contributed by atoms with van der Waals surface area (Å²) in [5, 5.41) is 10.2. The van der Waals surface area contributed by atoms with E-state index in [4.69, 9.17) is 9.15 Å². The van der Waals surface area contributed by atoms with Crippen LogP contribution in [-0.2, 0) is 17.8 Å². The zero-order valence-electron chi connectivity index (χ0n) is 13.6. The van der Waals surface area contributed by atoms with Crippen molar-refractivity contribution < 1.29 is 18.7 Å². The molecule has 0 fully saturated rings. The van der Waals surface area contributed by atoms with Gasteiger partial charge in [0.25, 0.3) is 0 Å². The monoisotopic (exact) mass is 321 g/mol. The summed E-state index contributed by atoms with van der Waals surface area (Å²) < 4.78 is 24.7. The van der Waals surface area contributed by atoms with Gasteiger partial charge < -0.3 is 14.3 Å². The molecule has 1 aromatic heterocycles. The molecule has 23 heavy (non-hydrogen) atoms. The topological polar surface area (TPSA) is 45.8 Å². The minimum atomic E-state index is -0.640. The fourth-order valence-corrected chi connectivity index (χ4v) is 2.33. The Balaban J connectivity index is 2.01. The highest BCUT2D eigenvalue weighted by Crippen LogP contribution is 2.14. The number of benzene rings is 1. The molecule has 0 saturated carbocycles. The molecule has 0 spiro atoms. The second-order valence-electron chi connectivity index (χ2n) is 5.88. The average molecular weight is 321 g/mol. The lowest BCUT2D eigenvalue weighted by Gasteiger charge is -2.25. The molecule has 0 aliphatic rings. The molecule has 1 N–H and O–H groups in total. The largest absolute Gasteiger partial charge is 0.468 e. The van der Waals surface area contributed by atoms with Gasteiger partial charge in [0.1, 0.15) is 11.6 Å². The van der Waals surface area contributed by atoms with E-state index in [9.17, 15) is 9.50 Å². The smallest absolute Gasteiger partial charge is 0.127 e. The van der Waals surface area contributed by atoms with Crippen LogP contribution in [0.1, 0.15) is 25.2 Å². The van der Waals surface area contributed by atoms with Gasteiger partial charge in [-0.05, 0) is 32.0 Å². The van der Waals surface area contributed by atoms with E-state index in [0.29, 0.717) is 25.2 Å². The molecule has 0 amide bonds. The van der Waals surface area contributed by atoms with Crippen molar-refractivity contribution in [2.24, 2.45) is 0 Å². The molecule has 2 rings (SSSR count). The molecule has 4 nitrogen and oxygen atoms in total. The minimum Gasteiger partial charge on any atom is -0.468 e. The van der Waals surface area contributed by atoms with Crippen molar-refractivity contribution in [1.82, 2.24) is 4.90 Å². The van der Waals surface area contributed by atoms with Crippen molar-refractivity contribution in [1.29, 1.82) is 0 Å². The molecule has 126 valence electrons. The van der Waals surface area contributed by atoms with Crippen LogP contribution >= 0.6 is 0 Å². The molecule has 2 aromatic rings. The highest BCUT2D eigenvalue weighted by molar-refractivity contribution is 5.17. The molecule has 1 unspecified atom stereocenters. The molecule has 5 heteroatoms. The van der Waals surface area contributed by atoms with Crippen LogP contribution < -0.4 is 0 Å². The summed E-state index contributed by atoms with van der Waals surface area (Å²) in [5.74, 6) is 0.531. The first kappa shape index (κ1) is 17.7. The average Bonchev–Trinajstić information content (AvgIpc) is 3.00. The van der Waals surface area contributed by atoms with Crippen LogP contribution in [0.3, 0.4) is 0 Å². The molecule has 1 aromatic carbocycles. The van der Waals surface area contributed by atoms with E-state index in [0.717, 1.165) is 5.76 Å². The summed E-state index contributed by atoms with van der Waals surface area (Å²) in [5.41, 5.74) is 0.594. The summed E-state index contributed by atoms with van der Waals surface area (Å²) in [6.45, 7) is 5.37. The Bertz CT molecular complexity index is 571. The number of halogens is 1. The van der Waals surface area contributed by atoms with Gasteiger partial charge in [-0.15, -0.1) is 0 Å². The number of aliphatic hydroxyl groups is 1. The maximum absolute atomic E-state index is 13.9. The Morgan fingerprint density at radius 1 is 1.17 bits per heavy atom.